The zero-order valence-electron chi connectivity index (χ0n) is 17.3. The van der Waals surface area contributed by atoms with Crippen LogP contribution in [0.4, 0.5) is 0 Å². The summed E-state index contributed by atoms with van der Waals surface area (Å²) in [5.74, 6) is 1.72. The van der Waals surface area contributed by atoms with Crippen molar-refractivity contribution in [2.75, 3.05) is 20.2 Å². The molecule has 2 bridgehead atoms. The average molecular weight is 371 g/mol. The highest BCUT2D eigenvalue weighted by atomic mass is 16.5. The molecule has 27 heavy (non-hydrogen) atoms. The van der Waals surface area contributed by atoms with Crippen LogP contribution in [0.15, 0.2) is 36.9 Å². The number of nitrogens with one attached hydrogen (secondary N) is 1. The number of fused-ring (bicyclic) bond motifs is 2. The van der Waals surface area contributed by atoms with Crippen molar-refractivity contribution in [2.24, 2.45) is 16.7 Å². The highest BCUT2D eigenvalue weighted by Crippen LogP contribution is 2.65. The molecule has 1 aromatic carbocycles. The third kappa shape index (κ3) is 3.91. The quantitative estimate of drug-likeness (QED) is 0.703. The van der Waals surface area contributed by atoms with E-state index in [1.54, 1.807) is 6.08 Å². The summed E-state index contributed by atoms with van der Waals surface area (Å²) < 4.78 is 5.51. The monoisotopic (exact) mass is 370 g/mol. The number of hydrogen-bond acceptors (Lipinski definition) is 3. The van der Waals surface area contributed by atoms with Crippen molar-refractivity contribution >= 4 is 5.91 Å². The van der Waals surface area contributed by atoms with Gasteiger partial charge in [0.05, 0.1) is 6.54 Å². The summed E-state index contributed by atoms with van der Waals surface area (Å²) in [5.41, 5.74) is 1.73. The third-order valence-electron chi connectivity index (χ3n) is 7.29. The molecule has 2 saturated carbocycles. The van der Waals surface area contributed by atoms with Crippen molar-refractivity contribution in [3.63, 3.8) is 0 Å². The zero-order chi connectivity index (χ0) is 19.7. The number of nitrogens with zero attached hydrogens (tertiary/aromatic N) is 1. The second kappa shape index (κ2) is 7.67. The molecule has 1 aromatic rings. The lowest BCUT2D eigenvalue weighted by atomic mass is 9.69. The van der Waals surface area contributed by atoms with Crippen LogP contribution < -0.4 is 10.1 Å². The van der Waals surface area contributed by atoms with E-state index in [-0.39, 0.29) is 11.3 Å². The molecule has 1 amide bonds. The Morgan fingerprint density at radius 1 is 1.33 bits per heavy atom. The topological polar surface area (TPSA) is 41.6 Å². The van der Waals surface area contributed by atoms with E-state index >= 15 is 0 Å². The molecule has 3 unspecified atom stereocenters. The van der Waals surface area contributed by atoms with Gasteiger partial charge in [-0.2, -0.15) is 0 Å². The largest absolute Gasteiger partial charge is 0.490 e. The van der Waals surface area contributed by atoms with Crippen LogP contribution in [-0.4, -0.2) is 37.0 Å². The van der Waals surface area contributed by atoms with E-state index in [4.69, 9.17) is 4.74 Å². The van der Waals surface area contributed by atoms with Crippen molar-refractivity contribution in [2.45, 2.75) is 52.6 Å². The van der Waals surface area contributed by atoms with Gasteiger partial charge in [-0.1, -0.05) is 45.6 Å². The number of amides is 1. The number of benzene rings is 1. The van der Waals surface area contributed by atoms with E-state index < -0.39 is 0 Å². The predicted molar refractivity (Wildman–Crippen MR) is 110 cm³/mol. The Labute approximate surface area is 164 Å². The SMILES string of the molecule is C=CCOc1ccc(CN(C)CC(=O)NC2CC3CCC2(C)C3(C)C)cc1. The molecule has 0 spiro atoms. The standard InChI is InChI=1S/C23H34N2O2/c1-6-13-27-19-9-7-17(8-10-19)15-25(5)16-21(26)24-20-14-18-11-12-23(20,4)22(18,2)3/h6-10,18,20H,1,11-16H2,2-5H3,(H,24,26). The van der Waals surface area contributed by atoms with Gasteiger partial charge in [-0.05, 0) is 60.8 Å². The molecule has 148 valence electrons. The summed E-state index contributed by atoms with van der Waals surface area (Å²) in [6.07, 6.45) is 5.40. The van der Waals surface area contributed by atoms with Crippen molar-refractivity contribution in [3.8, 4) is 5.75 Å². The summed E-state index contributed by atoms with van der Waals surface area (Å²) in [5, 5.41) is 3.35. The molecule has 3 atom stereocenters. The molecular weight excluding hydrogens is 336 g/mol. The van der Waals surface area contributed by atoms with Crippen LogP contribution in [-0.2, 0) is 11.3 Å². The van der Waals surface area contributed by atoms with Gasteiger partial charge in [0.25, 0.3) is 0 Å². The van der Waals surface area contributed by atoms with Crippen LogP contribution in [0.3, 0.4) is 0 Å². The average Bonchev–Trinajstić information content (AvgIpc) is 2.94. The Balaban J connectivity index is 1.49. The minimum absolute atomic E-state index is 0.137. The van der Waals surface area contributed by atoms with Gasteiger partial charge in [0, 0.05) is 12.6 Å². The van der Waals surface area contributed by atoms with Gasteiger partial charge >= 0.3 is 0 Å². The number of carbonyl (C=O) groups is 1. The van der Waals surface area contributed by atoms with Crippen LogP contribution in [0.25, 0.3) is 0 Å². The van der Waals surface area contributed by atoms with Gasteiger partial charge in [-0.3, -0.25) is 9.69 Å². The third-order valence-corrected chi connectivity index (χ3v) is 7.29. The predicted octanol–water partition coefficient (Wildman–Crippen LogP) is 4.01. The Morgan fingerprint density at radius 3 is 2.59 bits per heavy atom. The van der Waals surface area contributed by atoms with Crippen LogP contribution in [0, 0.1) is 16.7 Å². The van der Waals surface area contributed by atoms with Gasteiger partial charge in [0.1, 0.15) is 12.4 Å². The first-order valence-electron chi connectivity index (χ1n) is 10.1. The first-order chi connectivity index (χ1) is 12.8. The Bertz CT molecular complexity index is 682. The minimum atomic E-state index is 0.137. The molecule has 0 aromatic heterocycles. The first kappa shape index (κ1) is 19.9. The van der Waals surface area contributed by atoms with E-state index in [0.29, 0.717) is 24.6 Å². The lowest BCUT2D eigenvalue weighted by molar-refractivity contribution is -0.123. The molecule has 1 N–H and O–H groups in total. The van der Waals surface area contributed by atoms with Gasteiger partial charge in [0.2, 0.25) is 5.91 Å². The number of likely N-dealkylation sites (N-methyl/N-ethyl adjacent to an activating group) is 1. The molecule has 0 aliphatic heterocycles. The van der Waals surface area contributed by atoms with E-state index in [1.807, 2.05) is 31.3 Å². The van der Waals surface area contributed by atoms with E-state index in [1.165, 1.54) is 18.4 Å². The van der Waals surface area contributed by atoms with Crippen molar-refractivity contribution in [1.82, 2.24) is 10.2 Å². The Morgan fingerprint density at radius 2 is 2.04 bits per heavy atom. The lowest BCUT2D eigenvalue weighted by Gasteiger charge is -2.39. The fourth-order valence-electron chi connectivity index (χ4n) is 5.12. The molecule has 4 nitrogen and oxygen atoms in total. The number of ether oxygens (including phenoxy) is 1. The molecular formula is C23H34N2O2. The zero-order valence-corrected chi connectivity index (χ0v) is 17.3. The molecule has 0 heterocycles. The van der Waals surface area contributed by atoms with Crippen LogP contribution in [0.1, 0.15) is 45.6 Å². The first-order valence-corrected chi connectivity index (χ1v) is 10.1. The Hall–Kier alpha value is -1.81. The summed E-state index contributed by atoms with van der Waals surface area (Å²) in [4.78, 5) is 14.7. The molecule has 3 rings (SSSR count). The van der Waals surface area contributed by atoms with Crippen LogP contribution in [0.5, 0.6) is 5.75 Å². The summed E-state index contributed by atoms with van der Waals surface area (Å²) in [6, 6.07) is 8.34. The van der Waals surface area contributed by atoms with E-state index in [9.17, 15) is 4.79 Å². The fraction of sp³-hybridized carbons (Fsp3) is 0.609. The maximum absolute atomic E-state index is 12.6. The summed E-state index contributed by atoms with van der Waals surface area (Å²) in [6.45, 7) is 12.5. The van der Waals surface area contributed by atoms with Crippen LogP contribution in [0.2, 0.25) is 0 Å². The molecule has 0 radical (unpaired) electrons. The Kier molecular flexibility index (Phi) is 5.66. The highest BCUT2D eigenvalue weighted by molar-refractivity contribution is 5.78. The fourth-order valence-corrected chi connectivity index (χ4v) is 5.12. The number of rotatable bonds is 8. The number of hydrogen-bond donors (Lipinski definition) is 1. The highest BCUT2D eigenvalue weighted by Gasteiger charge is 2.61. The van der Waals surface area contributed by atoms with E-state index in [2.05, 4.69) is 37.6 Å². The number of carbonyl (C=O) groups excluding carboxylic acids is 1. The van der Waals surface area contributed by atoms with Crippen molar-refractivity contribution in [3.05, 3.63) is 42.5 Å². The molecule has 4 heteroatoms. The molecule has 2 aliphatic rings. The van der Waals surface area contributed by atoms with Crippen LogP contribution >= 0.6 is 0 Å². The van der Waals surface area contributed by atoms with E-state index in [0.717, 1.165) is 24.6 Å². The van der Waals surface area contributed by atoms with Crippen molar-refractivity contribution < 1.29 is 9.53 Å². The summed E-state index contributed by atoms with van der Waals surface area (Å²) >= 11 is 0. The molecule has 0 saturated heterocycles. The van der Waals surface area contributed by atoms with Gasteiger partial charge in [-0.15, -0.1) is 0 Å². The van der Waals surface area contributed by atoms with Gasteiger partial charge in [0.15, 0.2) is 0 Å². The lowest BCUT2D eigenvalue weighted by Crippen LogP contribution is -2.49. The molecule has 2 aliphatic carbocycles. The smallest absolute Gasteiger partial charge is 0.234 e. The second-order valence-electron chi connectivity index (χ2n) is 9.15. The van der Waals surface area contributed by atoms with Gasteiger partial charge < -0.3 is 10.1 Å². The normalized spacial score (nSPS) is 28.3. The molecule has 2 fully saturated rings. The maximum atomic E-state index is 12.6. The minimum Gasteiger partial charge on any atom is -0.490 e. The van der Waals surface area contributed by atoms with Crippen molar-refractivity contribution in [1.29, 1.82) is 0 Å². The second-order valence-corrected chi connectivity index (χ2v) is 9.15. The van der Waals surface area contributed by atoms with Gasteiger partial charge in [-0.25, -0.2) is 0 Å². The maximum Gasteiger partial charge on any atom is 0.234 e. The summed E-state index contributed by atoms with van der Waals surface area (Å²) in [7, 11) is 1.99.